The van der Waals surface area contributed by atoms with Crippen molar-refractivity contribution >= 4 is 17.5 Å². The van der Waals surface area contributed by atoms with Gasteiger partial charge in [-0.25, -0.2) is 0 Å². The largest absolute Gasteiger partial charge is 0.366 e. The Morgan fingerprint density at radius 3 is 2.04 bits per heavy atom. The first-order chi connectivity index (χ1) is 12.6. The number of hydrogen-bond donors (Lipinski definition) is 2. The van der Waals surface area contributed by atoms with Crippen LogP contribution >= 0.6 is 0 Å². The monoisotopic (exact) mass is 340 g/mol. The lowest BCUT2D eigenvalue weighted by Crippen LogP contribution is -2.14. The average molecular weight is 340 g/mol. The number of hydrogen-bond acceptors (Lipinski definition) is 2. The van der Waals surface area contributed by atoms with Crippen LogP contribution in [0.5, 0.6) is 0 Å². The van der Waals surface area contributed by atoms with E-state index in [1.807, 2.05) is 48.5 Å². The van der Waals surface area contributed by atoms with Crippen molar-refractivity contribution in [2.75, 3.05) is 5.32 Å². The molecule has 0 unspecified atom stereocenters. The highest BCUT2D eigenvalue weighted by molar-refractivity contribution is 6.05. The van der Waals surface area contributed by atoms with E-state index in [-0.39, 0.29) is 5.91 Å². The van der Waals surface area contributed by atoms with Gasteiger partial charge in [0.2, 0.25) is 5.91 Å². The lowest BCUT2D eigenvalue weighted by atomic mass is 10.1. The zero-order valence-corrected chi connectivity index (χ0v) is 13.9. The summed E-state index contributed by atoms with van der Waals surface area (Å²) in [5.74, 6) is 5.37. The van der Waals surface area contributed by atoms with Crippen molar-refractivity contribution in [1.82, 2.24) is 0 Å². The number of carbonyl (C=O) groups excluding carboxylic acids is 2. The predicted molar refractivity (Wildman–Crippen MR) is 102 cm³/mol. The molecule has 0 radical (unpaired) electrons. The van der Waals surface area contributed by atoms with Crippen LogP contribution in [0.25, 0.3) is 0 Å². The molecule has 0 spiro atoms. The highest BCUT2D eigenvalue weighted by Crippen LogP contribution is 2.13. The molecular weight excluding hydrogens is 324 g/mol. The molecule has 0 aliphatic rings. The van der Waals surface area contributed by atoms with E-state index < -0.39 is 5.91 Å². The second-order valence-electron chi connectivity index (χ2n) is 5.59. The van der Waals surface area contributed by atoms with E-state index in [0.29, 0.717) is 16.8 Å². The van der Waals surface area contributed by atoms with Crippen molar-refractivity contribution in [2.45, 2.75) is 0 Å². The summed E-state index contributed by atoms with van der Waals surface area (Å²) in [5, 5.41) is 2.82. The van der Waals surface area contributed by atoms with Crippen molar-refractivity contribution in [2.24, 2.45) is 5.73 Å². The molecule has 3 N–H and O–H groups in total. The van der Waals surface area contributed by atoms with Crippen LogP contribution in [0.1, 0.15) is 31.8 Å². The highest BCUT2D eigenvalue weighted by Gasteiger charge is 2.07. The van der Waals surface area contributed by atoms with Gasteiger partial charge in [-0.1, -0.05) is 36.1 Å². The van der Waals surface area contributed by atoms with Crippen LogP contribution in [0.15, 0.2) is 78.9 Å². The van der Waals surface area contributed by atoms with Gasteiger partial charge in [-0.15, -0.1) is 0 Å². The summed E-state index contributed by atoms with van der Waals surface area (Å²) in [7, 11) is 0. The van der Waals surface area contributed by atoms with Crippen molar-refractivity contribution in [1.29, 1.82) is 0 Å². The fourth-order valence-electron chi connectivity index (χ4n) is 2.33. The topological polar surface area (TPSA) is 72.2 Å². The molecule has 0 atom stereocenters. The maximum absolute atomic E-state index is 12.3. The van der Waals surface area contributed by atoms with Crippen LogP contribution in [-0.2, 0) is 0 Å². The number of amides is 2. The third-order valence-corrected chi connectivity index (χ3v) is 3.68. The zero-order valence-electron chi connectivity index (χ0n) is 13.9. The van der Waals surface area contributed by atoms with E-state index in [0.717, 1.165) is 11.1 Å². The molecule has 0 heterocycles. The Labute approximate surface area is 151 Å². The summed E-state index contributed by atoms with van der Waals surface area (Å²) in [5.41, 5.74) is 8.38. The predicted octanol–water partition coefficient (Wildman–Crippen LogP) is 3.44. The molecule has 0 aliphatic carbocycles. The lowest BCUT2D eigenvalue weighted by molar-refractivity contribution is 0.0995. The van der Waals surface area contributed by atoms with Gasteiger partial charge in [0, 0.05) is 27.9 Å². The molecule has 0 bridgehead atoms. The molecule has 4 heteroatoms. The molecule has 0 aromatic heterocycles. The standard InChI is InChI=1S/C22H16N2O2/c23-21(25)18-11-13-19(14-12-18)22(26)24-20-8-4-7-17(15-20)10-9-16-5-2-1-3-6-16/h1-8,11-15H,(H2,23,25)(H,24,26). The van der Waals surface area contributed by atoms with Gasteiger partial charge in [0.05, 0.1) is 0 Å². The molecule has 3 aromatic rings. The third kappa shape index (κ3) is 4.37. The van der Waals surface area contributed by atoms with E-state index in [4.69, 9.17) is 5.73 Å². The Balaban J connectivity index is 1.73. The molecule has 2 amide bonds. The molecule has 0 fully saturated rings. The Kier molecular flexibility index (Phi) is 5.11. The van der Waals surface area contributed by atoms with Gasteiger partial charge in [0.25, 0.3) is 5.91 Å². The van der Waals surface area contributed by atoms with Crippen LogP contribution in [0.4, 0.5) is 5.69 Å². The number of nitrogens with two attached hydrogens (primary N) is 1. The summed E-state index contributed by atoms with van der Waals surface area (Å²) in [6.45, 7) is 0. The minimum Gasteiger partial charge on any atom is -0.366 e. The van der Waals surface area contributed by atoms with Crippen molar-refractivity contribution in [3.63, 3.8) is 0 Å². The fraction of sp³-hybridized carbons (Fsp3) is 0. The number of benzene rings is 3. The van der Waals surface area contributed by atoms with Gasteiger partial charge >= 0.3 is 0 Å². The normalized spacial score (nSPS) is 9.69. The quantitative estimate of drug-likeness (QED) is 0.717. The molecule has 0 saturated heterocycles. The van der Waals surface area contributed by atoms with Gasteiger partial charge in [0.15, 0.2) is 0 Å². The summed E-state index contributed by atoms with van der Waals surface area (Å²) < 4.78 is 0. The molecule has 0 saturated carbocycles. The summed E-state index contributed by atoms with van der Waals surface area (Å²) in [4.78, 5) is 23.4. The first-order valence-electron chi connectivity index (χ1n) is 8.00. The van der Waals surface area contributed by atoms with E-state index in [1.165, 1.54) is 12.1 Å². The molecular formula is C22H16N2O2. The van der Waals surface area contributed by atoms with Crippen LogP contribution in [-0.4, -0.2) is 11.8 Å². The van der Waals surface area contributed by atoms with E-state index >= 15 is 0 Å². The molecule has 3 rings (SSSR count). The average Bonchev–Trinajstić information content (AvgIpc) is 2.67. The number of rotatable bonds is 3. The Hall–Kier alpha value is -3.84. The van der Waals surface area contributed by atoms with Crippen LogP contribution < -0.4 is 11.1 Å². The van der Waals surface area contributed by atoms with E-state index in [1.54, 1.807) is 18.2 Å². The minimum atomic E-state index is -0.526. The van der Waals surface area contributed by atoms with Crippen molar-refractivity contribution in [3.05, 3.63) is 101 Å². The van der Waals surface area contributed by atoms with Crippen LogP contribution in [0.2, 0.25) is 0 Å². The zero-order chi connectivity index (χ0) is 18.4. The van der Waals surface area contributed by atoms with Crippen molar-refractivity contribution < 1.29 is 9.59 Å². The molecule has 26 heavy (non-hydrogen) atoms. The molecule has 4 nitrogen and oxygen atoms in total. The Morgan fingerprint density at radius 1 is 0.731 bits per heavy atom. The lowest BCUT2D eigenvalue weighted by Gasteiger charge is -2.06. The molecule has 0 aliphatic heterocycles. The first-order valence-corrected chi connectivity index (χ1v) is 8.00. The number of primary amides is 1. The summed E-state index contributed by atoms with van der Waals surface area (Å²) >= 11 is 0. The number of carbonyl (C=O) groups is 2. The van der Waals surface area contributed by atoms with Gasteiger partial charge in [-0.3, -0.25) is 9.59 Å². The number of nitrogens with one attached hydrogen (secondary N) is 1. The Morgan fingerprint density at radius 2 is 1.35 bits per heavy atom. The Bertz CT molecular complexity index is 998. The first kappa shape index (κ1) is 17.0. The number of anilines is 1. The second-order valence-corrected chi connectivity index (χ2v) is 5.59. The maximum atomic E-state index is 12.3. The summed E-state index contributed by atoms with van der Waals surface area (Å²) in [6, 6.07) is 23.2. The third-order valence-electron chi connectivity index (χ3n) is 3.68. The highest BCUT2D eigenvalue weighted by atomic mass is 16.2. The SMILES string of the molecule is NC(=O)c1ccc(C(=O)Nc2cccc(C#Cc3ccccc3)c2)cc1. The van der Waals surface area contributed by atoms with E-state index in [2.05, 4.69) is 17.2 Å². The van der Waals surface area contributed by atoms with Gasteiger partial charge in [0.1, 0.15) is 0 Å². The van der Waals surface area contributed by atoms with Gasteiger partial charge in [-0.05, 0) is 54.6 Å². The minimum absolute atomic E-state index is 0.269. The maximum Gasteiger partial charge on any atom is 0.255 e. The smallest absolute Gasteiger partial charge is 0.255 e. The van der Waals surface area contributed by atoms with Crippen LogP contribution in [0, 0.1) is 11.8 Å². The molecule has 126 valence electrons. The van der Waals surface area contributed by atoms with Crippen molar-refractivity contribution in [3.8, 4) is 11.8 Å². The van der Waals surface area contributed by atoms with Crippen LogP contribution in [0.3, 0.4) is 0 Å². The summed E-state index contributed by atoms with van der Waals surface area (Å²) in [6.07, 6.45) is 0. The van der Waals surface area contributed by atoms with E-state index in [9.17, 15) is 9.59 Å². The molecule has 3 aromatic carbocycles. The van der Waals surface area contributed by atoms with Gasteiger partial charge in [-0.2, -0.15) is 0 Å². The van der Waals surface area contributed by atoms with Gasteiger partial charge < -0.3 is 11.1 Å². The second kappa shape index (κ2) is 7.82. The fourth-order valence-corrected chi connectivity index (χ4v) is 2.33.